The highest BCUT2D eigenvalue weighted by Crippen LogP contribution is 2.23. The van der Waals surface area contributed by atoms with Gasteiger partial charge >= 0.3 is 5.97 Å². The molecule has 2 rings (SSSR count). The first kappa shape index (κ1) is 16.9. The van der Waals surface area contributed by atoms with Crippen molar-refractivity contribution in [2.75, 3.05) is 25.7 Å². The zero-order valence-corrected chi connectivity index (χ0v) is 13.9. The average Bonchev–Trinajstić information content (AvgIpc) is 2.85. The molecule has 0 saturated carbocycles. The van der Waals surface area contributed by atoms with Crippen LogP contribution in [0.3, 0.4) is 0 Å². The number of hydrogen-bond donors (Lipinski definition) is 0. The molecule has 1 atom stereocenters. The van der Waals surface area contributed by atoms with Gasteiger partial charge in [-0.1, -0.05) is 0 Å². The van der Waals surface area contributed by atoms with Gasteiger partial charge < -0.3 is 4.74 Å². The van der Waals surface area contributed by atoms with E-state index in [4.69, 9.17) is 0 Å². The van der Waals surface area contributed by atoms with E-state index in [2.05, 4.69) is 4.74 Å². The van der Waals surface area contributed by atoms with Gasteiger partial charge in [-0.3, -0.25) is 0 Å². The molecule has 1 aromatic rings. The van der Waals surface area contributed by atoms with E-state index in [1.54, 1.807) is 0 Å². The van der Waals surface area contributed by atoms with Gasteiger partial charge in [0.1, 0.15) is 0 Å². The van der Waals surface area contributed by atoms with Crippen LogP contribution in [0, 0.1) is 0 Å². The lowest BCUT2D eigenvalue weighted by Crippen LogP contribution is -2.37. The molecule has 1 aliphatic heterocycles. The summed E-state index contributed by atoms with van der Waals surface area (Å²) >= 11 is 0. The molecular weight excluding hydrogens is 330 g/mol. The van der Waals surface area contributed by atoms with Crippen molar-refractivity contribution in [2.45, 2.75) is 17.4 Å². The number of carbonyl (C=O) groups is 1. The molecule has 0 bridgehead atoms. The fourth-order valence-electron chi connectivity index (χ4n) is 2.31. The fraction of sp³-hybridized carbons (Fsp3) is 0.462. The standard InChI is InChI=1S/C13H17NO6S2/c1-14(11-7-8-21(16,17)9-11)22(18,19)12-5-3-10(4-6-12)13(15)20-2/h3-6,11H,7-9H2,1-2H3/t11-/m0/s1. The summed E-state index contributed by atoms with van der Waals surface area (Å²) in [4.78, 5) is 11.3. The molecule has 1 saturated heterocycles. The Morgan fingerprint density at radius 3 is 2.32 bits per heavy atom. The van der Waals surface area contributed by atoms with Crippen molar-refractivity contribution < 1.29 is 26.4 Å². The molecule has 1 aliphatic rings. The molecular formula is C13H17NO6S2. The van der Waals surface area contributed by atoms with E-state index in [-0.39, 0.29) is 28.4 Å². The summed E-state index contributed by atoms with van der Waals surface area (Å²) in [5, 5.41) is 0. The summed E-state index contributed by atoms with van der Waals surface area (Å²) in [5.74, 6) is -0.721. The van der Waals surface area contributed by atoms with Crippen molar-refractivity contribution in [1.82, 2.24) is 4.31 Å². The Balaban J connectivity index is 2.25. The Hall–Kier alpha value is -1.45. The van der Waals surface area contributed by atoms with E-state index in [1.165, 1.54) is 38.4 Å². The summed E-state index contributed by atoms with van der Waals surface area (Å²) < 4.78 is 53.6. The Labute approximate surface area is 129 Å². The van der Waals surface area contributed by atoms with Crippen LogP contribution in [-0.4, -0.2) is 58.8 Å². The zero-order chi connectivity index (χ0) is 16.5. The van der Waals surface area contributed by atoms with E-state index >= 15 is 0 Å². The Kier molecular flexibility index (Phi) is 4.59. The Morgan fingerprint density at radius 1 is 1.27 bits per heavy atom. The van der Waals surface area contributed by atoms with E-state index in [0.717, 1.165) is 4.31 Å². The van der Waals surface area contributed by atoms with Gasteiger partial charge in [-0.05, 0) is 30.7 Å². The van der Waals surface area contributed by atoms with E-state index in [9.17, 15) is 21.6 Å². The summed E-state index contributed by atoms with van der Waals surface area (Å²) in [7, 11) is -4.37. The van der Waals surface area contributed by atoms with Crippen molar-refractivity contribution in [3.63, 3.8) is 0 Å². The third-order valence-corrected chi connectivity index (χ3v) is 7.35. The van der Waals surface area contributed by atoms with Gasteiger partial charge in [-0.15, -0.1) is 0 Å². The van der Waals surface area contributed by atoms with E-state index < -0.39 is 31.9 Å². The minimum atomic E-state index is -3.81. The number of methoxy groups -OCH3 is 1. The molecule has 1 fully saturated rings. The van der Waals surface area contributed by atoms with Gasteiger partial charge in [0.05, 0.1) is 29.1 Å². The molecule has 0 spiro atoms. The van der Waals surface area contributed by atoms with Crippen molar-refractivity contribution >= 4 is 25.8 Å². The fourth-order valence-corrected chi connectivity index (χ4v) is 5.56. The smallest absolute Gasteiger partial charge is 0.337 e. The van der Waals surface area contributed by atoms with Crippen LogP contribution in [0.1, 0.15) is 16.8 Å². The Bertz CT molecular complexity index is 767. The van der Waals surface area contributed by atoms with E-state index in [0.29, 0.717) is 0 Å². The van der Waals surface area contributed by atoms with Crippen molar-refractivity contribution in [1.29, 1.82) is 0 Å². The lowest BCUT2D eigenvalue weighted by molar-refractivity contribution is 0.0600. The Morgan fingerprint density at radius 2 is 1.86 bits per heavy atom. The number of nitrogens with zero attached hydrogens (tertiary/aromatic N) is 1. The second-order valence-electron chi connectivity index (χ2n) is 5.09. The van der Waals surface area contributed by atoms with Crippen LogP contribution in [-0.2, 0) is 24.6 Å². The third-order valence-electron chi connectivity index (χ3n) is 3.68. The highest BCUT2D eigenvalue weighted by molar-refractivity contribution is 7.92. The van der Waals surface area contributed by atoms with Crippen LogP contribution in [0.5, 0.6) is 0 Å². The van der Waals surface area contributed by atoms with Crippen LogP contribution in [0.2, 0.25) is 0 Å². The molecule has 9 heteroatoms. The predicted molar refractivity (Wildman–Crippen MR) is 79.8 cm³/mol. The number of ether oxygens (including phenoxy) is 1. The zero-order valence-electron chi connectivity index (χ0n) is 12.2. The van der Waals surface area contributed by atoms with Crippen LogP contribution >= 0.6 is 0 Å². The van der Waals surface area contributed by atoms with Crippen LogP contribution in [0.15, 0.2) is 29.2 Å². The number of esters is 1. The summed E-state index contributed by atoms with van der Waals surface area (Å²) in [6.07, 6.45) is 0.290. The van der Waals surface area contributed by atoms with Crippen LogP contribution in [0.4, 0.5) is 0 Å². The maximum atomic E-state index is 12.5. The van der Waals surface area contributed by atoms with E-state index in [1.807, 2.05) is 0 Å². The maximum Gasteiger partial charge on any atom is 0.337 e. The van der Waals surface area contributed by atoms with Gasteiger partial charge in [0.2, 0.25) is 10.0 Å². The molecule has 22 heavy (non-hydrogen) atoms. The summed E-state index contributed by atoms with van der Waals surface area (Å²) in [6.45, 7) is 0. The van der Waals surface area contributed by atoms with Crippen LogP contribution in [0.25, 0.3) is 0 Å². The topological polar surface area (TPSA) is 97.8 Å². The molecule has 1 aromatic carbocycles. The molecule has 122 valence electrons. The van der Waals surface area contributed by atoms with Crippen molar-refractivity contribution in [2.24, 2.45) is 0 Å². The molecule has 0 aromatic heterocycles. The molecule has 0 radical (unpaired) electrons. The lowest BCUT2D eigenvalue weighted by Gasteiger charge is -2.22. The predicted octanol–water partition coefficient (Wildman–Crippen LogP) is 0.281. The van der Waals surface area contributed by atoms with Gasteiger partial charge in [-0.2, -0.15) is 4.31 Å². The first-order chi connectivity index (χ1) is 10.2. The minimum Gasteiger partial charge on any atom is -0.465 e. The second-order valence-corrected chi connectivity index (χ2v) is 9.32. The largest absolute Gasteiger partial charge is 0.465 e. The quantitative estimate of drug-likeness (QED) is 0.726. The second kappa shape index (κ2) is 5.98. The first-order valence-electron chi connectivity index (χ1n) is 6.54. The summed E-state index contributed by atoms with van der Waals surface area (Å²) in [6, 6.07) is 4.77. The first-order valence-corrected chi connectivity index (χ1v) is 9.80. The van der Waals surface area contributed by atoms with Gasteiger partial charge in [0.15, 0.2) is 9.84 Å². The number of carbonyl (C=O) groups excluding carboxylic acids is 1. The maximum absolute atomic E-state index is 12.5. The molecule has 0 amide bonds. The van der Waals surface area contributed by atoms with Crippen molar-refractivity contribution in [3.05, 3.63) is 29.8 Å². The SMILES string of the molecule is COC(=O)c1ccc(S(=O)(=O)N(C)[C@H]2CCS(=O)(=O)C2)cc1. The normalized spacial score (nSPS) is 21.0. The highest BCUT2D eigenvalue weighted by Gasteiger charge is 2.36. The van der Waals surface area contributed by atoms with Gasteiger partial charge in [0, 0.05) is 13.1 Å². The van der Waals surface area contributed by atoms with Gasteiger partial charge in [0.25, 0.3) is 0 Å². The molecule has 7 nitrogen and oxygen atoms in total. The number of sulfonamides is 1. The number of benzene rings is 1. The van der Waals surface area contributed by atoms with Crippen molar-refractivity contribution in [3.8, 4) is 0 Å². The minimum absolute atomic E-state index is 0.00119. The lowest BCUT2D eigenvalue weighted by atomic mass is 10.2. The number of hydrogen-bond acceptors (Lipinski definition) is 6. The molecule has 0 unspecified atom stereocenters. The highest BCUT2D eigenvalue weighted by atomic mass is 32.2. The molecule has 0 N–H and O–H groups in total. The number of sulfone groups is 1. The molecule has 0 aliphatic carbocycles. The third kappa shape index (κ3) is 3.31. The summed E-state index contributed by atoms with van der Waals surface area (Å²) in [5.41, 5.74) is 0.243. The monoisotopic (exact) mass is 347 g/mol. The molecule has 1 heterocycles. The average molecular weight is 347 g/mol. The van der Waals surface area contributed by atoms with Gasteiger partial charge in [-0.25, -0.2) is 21.6 Å². The van der Waals surface area contributed by atoms with Crippen LogP contribution < -0.4 is 0 Å². The number of rotatable bonds is 4.